The fourth-order valence-corrected chi connectivity index (χ4v) is 2.87. The molecule has 0 bridgehead atoms. The Hall–Kier alpha value is -2.14. The van der Waals surface area contributed by atoms with Crippen molar-refractivity contribution in [1.29, 1.82) is 0 Å². The molecule has 1 aromatic carbocycles. The number of hydrogen-bond donors (Lipinski definition) is 1. The summed E-state index contributed by atoms with van der Waals surface area (Å²) in [6.07, 6.45) is 2.65. The Morgan fingerprint density at radius 3 is 2.68 bits per heavy atom. The zero-order valence-electron chi connectivity index (χ0n) is 13.1. The number of rotatable bonds is 2. The minimum absolute atomic E-state index is 0.0188. The monoisotopic (exact) mass is 298 g/mol. The summed E-state index contributed by atoms with van der Waals surface area (Å²) in [4.78, 5) is 14.5. The molecule has 0 aliphatic carbocycles. The molecule has 1 unspecified atom stereocenters. The molecule has 1 atom stereocenters. The Morgan fingerprint density at radius 2 is 2.00 bits per heavy atom. The molecule has 1 saturated heterocycles. The van der Waals surface area contributed by atoms with Gasteiger partial charge in [0, 0.05) is 25.3 Å². The van der Waals surface area contributed by atoms with Crippen molar-refractivity contribution in [2.75, 3.05) is 13.1 Å². The summed E-state index contributed by atoms with van der Waals surface area (Å²) in [5.74, 6) is -0.0188. The van der Waals surface area contributed by atoms with Crippen molar-refractivity contribution >= 4 is 5.91 Å². The van der Waals surface area contributed by atoms with Gasteiger partial charge in [-0.05, 0) is 30.0 Å². The van der Waals surface area contributed by atoms with E-state index in [9.17, 15) is 4.79 Å². The summed E-state index contributed by atoms with van der Waals surface area (Å²) in [6, 6.07) is 11.7. The molecule has 116 valence electrons. The van der Waals surface area contributed by atoms with Crippen molar-refractivity contribution in [1.82, 2.24) is 14.7 Å². The van der Waals surface area contributed by atoms with Crippen molar-refractivity contribution in [3.05, 3.63) is 48.3 Å². The molecule has 0 saturated carbocycles. The second-order valence-corrected chi connectivity index (χ2v) is 6.59. The molecule has 1 aliphatic heterocycles. The fraction of sp³-hybridized carbons (Fsp3) is 0.412. The largest absolute Gasteiger partial charge is 0.337 e. The van der Waals surface area contributed by atoms with Gasteiger partial charge in [-0.3, -0.25) is 4.79 Å². The lowest BCUT2D eigenvalue weighted by molar-refractivity contribution is 0.0527. The Kier molecular flexibility index (Phi) is 3.74. The maximum Gasteiger partial charge on any atom is 0.274 e. The highest BCUT2D eigenvalue weighted by Crippen LogP contribution is 2.28. The van der Waals surface area contributed by atoms with Gasteiger partial charge >= 0.3 is 0 Å². The molecule has 0 spiro atoms. The number of para-hydroxylation sites is 1. The second-order valence-electron chi connectivity index (χ2n) is 6.59. The highest BCUT2D eigenvalue weighted by molar-refractivity contribution is 5.92. The first-order valence-corrected chi connectivity index (χ1v) is 7.63. The third-order valence-electron chi connectivity index (χ3n) is 4.43. The van der Waals surface area contributed by atoms with Gasteiger partial charge in [0.1, 0.15) is 0 Å². The van der Waals surface area contributed by atoms with Gasteiger partial charge in [0.05, 0.1) is 5.69 Å². The van der Waals surface area contributed by atoms with Gasteiger partial charge in [-0.15, -0.1) is 0 Å². The molecule has 2 N–H and O–H groups in total. The third kappa shape index (κ3) is 2.76. The highest BCUT2D eigenvalue weighted by Gasteiger charge is 2.36. The van der Waals surface area contributed by atoms with Crippen LogP contribution in [0.1, 0.15) is 30.8 Å². The molecule has 0 radical (unpaired) electrons. The quantitative estimate of drug-likeness (QED) is 0.923. The zero-order chi connectivity index (χ0) is 15.7. The maximum atomic E-state index is 12.6. The summed E-state index contributed by atoms with van der Waals surface area (Å²) in [5.41, 5.74) is 7.50. The normalized spacial score (nSPS) is 20.9. The van der Waals surface area contributed by atoms with Gasteiger partial charge in [0.15, 0.2) is 5.69 Å². The first-order chi connectivity index (χ1) is 10.5. The average Bonchev–Trinajstić information content (AvgIpc) is 3.00. The van der Waals surface area contributed by atoms with Crippen LogP contribution in [-0.4, -0.2) is 39.7 Å². The van der Waals surface area contributed by atoms with Gasteiger partial charge in [-0.25, -0.2) is 4.68 Å². The van der Waals surface area contributed by atoms with Crippen LogP contribution in [0, 0.1) is 5.41 Å². The van der Waals surface area contributed by atoms with Crippen molar-refractivity contribution in [2.45, 2.75) is 26.3 Å². The molecule has 3 rings (SSSR count). The van der Waals surface area contributed by atoms with Crippen LogP contribution in [-0.2, 0) is 0 Å². The fourth-order valence-electron chi connectivity index (χ4n) is 2.87. The molecule has 5 nitrogen and oxygen atoms in total. The molecule has 5 heteroatoms. The lowest BCUT2D eigenvalue weighted by Gasteiger charge is -2.42. The van der Waals surface area contributed by atoms with E-state index in [0.717, 1.165) is 12.1 Å². The molecule has 1 aromatic heterocycles. The zero-order valence-corrected chi connectivity index (χ0v) is 13.1. The Morgan fingerprint density at radius 1 is 1.27 bits per heavy atom. The lowest BCUT2D eigenvalue weighted by atomic mass is 9.79. The van der Waals surface area contributed by atoms with E-state index in [1.807, 2.05) is 41.4 Å². The smallest absolute Gasteiger partial charge is 0.274 e. The molecule has 1 aliphatic rings. The number of likely N-dealkylation sites (tertiary alicyclic amines) is 1. The van der Waals surface area contributed by atoms with Crippen LogP contribution < -0.4 is 5.73 Å². The van der Waals surface area contributed by atoms with Crippen LogP contribution in [0.15, 0.2) is 42.6 Å². The van der Waals surface area contributed by atoms with Crippen molar-refractivity contribution < 1.29 is 4.79 Å². The molecule has 2 heterocycles. The number of piperidine rings is 1. The Labute approximate surface area is 130 Å². The lowest BCUT2D eigenvalue weighted by Crippen LogP contribution is -2.54. The molecule has 1 fully saturated rings. The molecule has 22 heavy (non-hydrogen) atoms. The minimum Gasteiger partial charge on any atom is -0.337 e. The summed E-state index contributed by atoms with van der Waals surface area (Å²) < 4.78 is 1.73. The van der Waals surface area contributed by atoms with Crippen molar-refractivity contribution in [2.24, 2.45) is 11.1 Å². The van der Waals surface area contributed by atoms with E-state index >= 15 is 0 Å². The SMILES string of the molecule is CC1(C)CN(C(=O)c2ccn(-c3ccccc3)n2)CCC1N. The van der Waals surface area contributed by atoms with E-state index in [0.29, 0.717) is 18.8 Å². The summed E-state index contributed by atoms with van der Waals surface area (Å²) >= 11 is 0. The first kappa shape index (κ1) is 14.8. The Balaban J connectivity index is 1.78. The van der Waals surface area contributed by atoms with Gasteiger partial charge in [0.25, 0.3) is 5.91 Å². The van der Waals surface area contributed by atoms with E-state index in [1.54, 1.807) is 10.7 Å². The maximum absolute atomic E-state index is 12.6. The average molecular weight is 298 g/mol. The standard InChI is InChI=1S/C17H22N4O/c1-17(2)12-20(10-9-15(17)18)16(22)14-8-11-21(19-14)13-6-4-3-5-7-13/h3-8,11,15H,9-10,12,18H2,1-2H3. The number of benzene rings is 1. The van der Waals surface area contributed by atoms with Crippen molar-refractivity contribution in [3.63, 3.8) is 0 Å². The predicted molar refractivity (Wildman–Crippen MR) is 85.8 cm³/mol. The van der Waals surface area contributed by atoms with Crippen LogP contribution in [0.3, 0.4) is 0 Å². The molecule has 1 amide bonds. The van der Waals surface area contributed by atoms with Crippen LogP contribution in [0.5, 0.6) is 0 Å². The van der Waals surface area contributed by atoms with Crippen LogP contribution in [0.2, 0.25) is 0 Å². The summed E-state index contributed by atoms with van der Waals surface area (Å²) in [6.45, 7) is 5.59. The van der Waals surface area contributed by atoms with E-state index < -0.39 is 0 Å². The second kappa shape index (κ2) is 5.57. The van der Waals surface area contributed by atoms with Gasteiger partial charge in [-0.2, -0.15) is 5.10 Å². The highest BCUT2D eigenvalue weighted by atomic mass is 16.2. The molecule has 2 aromatic rings. The van der Waals surface area contributed by atoms with Crippen molar-refractivity contribution in [3.8, 4) is 5.69 Å². The predicted octanol–water partition coefficient (Wildman–Crippen LogP) is 2.07. The summed E-state index contributed by atoms with van der Waals surface area (Å²) in [5, 5.41) is 4.42. The van der Waals surface area contributed by atoms with Crippen LogP contribution in [0.4, 0.5) is 0 Å². The first-order valence-electron chi connectivity index (χ1n) is 7.63. The van der Waals surface area contributed by atoms with E-state index in [2.05, 4.69) is 18.9 Å². The number of carbonyl (C=O) groups is 1. The topological polar surface area (TPSA) is 64.2 Å². The number of amides is 1. The number of nitrogens with two attached hydrogens (primary N) is 1. The third-order valence-corrected chi connectivity index (χ3v) is 4.43. The molecular weight excluding hydrogens is 276 g/mol. The minimum atomic E-state index is -0.0596. The van der Waals surface area contributed by atoms with E-state index in [1.165, 1.54) is 0 Å². The summed E-state index contributed by atoms with van der Waals surface area (Å²) in [7, 11) is 0. The Bertz CT molecular complexity index is 662. The number of aromatic nitrogens is 2. The number of hydrogen-bond acceptors (Lipinski definition) is 3. The van der Waals surface area contributed by atoms with E-state index in [4.69, 9.17) is 5.73 Å². The van der Waals surface area contributed by atoms with Gasteiger partial charge in [-0.1, -0.05) is 32.0 Å². The van der Waals surface area contributed by atoms with E-state index in [-0.39, 0.29) is 17.4 Å². The van der Waals surface area contributed by atoms with Gasteiger partial charge < -0.3 is 10.6 Å². The number of nitrogens with zero attached hydrogens (tertiary/aromatic N) is 3. The molecular formula is C17H22N4O. The van der Waals surface area contributed by atoms with Crippen LogP contribution in [0.25, 0.3) is 5.69 Å². The van der Waals surface area contributed by atoms with Gasteiger partial charge in [0.2, 0.25) is 0 Å². The number of carbonyl (C=O) groups excluding carboxylic acids is 1. The van der Waals surface area contributed by atoms with Crippen LogP contribution >= 0.6 is 0 Å².